The van der Waals surface area contributed by atoms with Crippen molar-refractivity contribution in [3.8, 4) is 0 Å². The van der Waals surface area contributed by atoms with Crippen molar-refractivity contribution in [2.24, 2.45) is 0 Å². The molecule has 0 aliphatic rings. The van der Waals surface area contributed by atoms with E-state index in [1.54, 1.807) is 13.1 Å². The van der Waals surface area contributed by atoms with Gasteiger partial charge in [-0.3, -0.25) is 9.69 Å². The van der Waals surface area contributed by atoms with Gasteiger partial charge in [0.2, 0.25) is 0 Å². The van der Waals surface area contributed by atoms with E-state index in [0.29, 0.717) is 10.6 Å². The summed E-state index contributed by atoms with van der Waals surface area (Å²) in [6.07, 6.45) is 0.344. The number of aldehydes is 1. The van der Waals surface area contributed by atoms with Crippen LogP contribution < -0.4 is 4.90 Å². The van der Waals surface area contributed by atoms with Crippen LogP contribution in [0.25, 0.3) is 0 Å². The number of hydrogen-bond acceptors (Lipinski definition) is 4. The Kier molecular flexibility index (Phi) is 4.53. The molecule has 5 heteroatoms. The lowest BCUT2D eigenvalue weighted by molar-refractivity contribution is 0.112. The summed E-state index contributed by atoms with van der Waals surface area (Å²) in [4.78, 5) is 25.7. The van der Waals surface area contributed by atoms with Gasteiger partial charge in [-0.25, -0.2) is 4.79 Å². The van der Waals surface area contributed by atoms with Crippen LogP contribution in [-0.2, 0) is 11.3 Å². The zero-order valence-corrected chi connectivity index (χ0v) is 12.1. The van der Waals surface area contributed by atoms with E-state index in [9.17, 15) is 9.59 Å². The minimum absolute atomic E-state index is 0.230. The van der Waals surface area contributed by atoms with E-state index in [-0.39, 0.29) is 6.61 Å². The molecular formula is C15H15NO3S. The quantitative estimate of drug-likeness (QED) is 0.807. The normalized spacial score (nSPS) is 10.1. The van der Waals surface area contributed by atoms with Crippen LogP contribution in [0.1, 0.15) is 20.1 Å². The number of aryl methyl sites for hydroxylation is 1. The lowest BCUT2D eigenvalue weighted by Crippen LogP contribution is -2.27. The molecule has 0 radical (unpaired) electrons. The fraction of sp³-hybridized carbons (Fsp3) is 0.200. The van der Waals surface area contributed by atoms with Gasteiger partial charge in [-0.15, -0.1) is 11.3 Å². The molecule has 0 atom stereocenters. The molecule has 20 heavy (non-hydrogen) atoms. The Morgan fingerprint density at radius 3 is 2.65 bits per heavy atom. The van der Waals surface area contributed by atoms with Crippen LogP contribution in [0.5, 0.6) is 0 Å². The molecule has 0 fully saturated rings. The van der Waals surface area contributed by atoms with Gasteiger partial charge in [0, 0.05) is 11.9 Å². The standard InChI is InChI=1S/C15H15NO3S/c1-11-14(8-13(9-17)20-11)16(2)15(18)19-10-12-6-4-3-5-7-12/h3-9H,10H2,1-2H3. The fourth-order valence-electron chi connectivity index (χ4n) is 1.80. The van der Waals surface area contributed by atoms with Gasteiger partial charge in [-0.2, -0.15) is 0 Å². The van der Waals surface area contributed by atoms with Crippen LogP contribution in [0.15, 0.2) is 36.4 Å². The first kappa shape index (κ1) is 14.3. The molecule has 4 nitrogen and oxygen atoms in total. The van der Waals surface area contributed by atoms with E-state index in [0.717, 1.165) is 16.7 Å². The number of amides is 1. The minimum Gasteiger partial charge on any atom is -0.444 e. The van der Waals surface area contributed by atoms with Gasteiger partial charge in [0.25, 0.3) is 0 Å². The molecule has 0 N–H and O–H groups in total. The predicted molar refractivity (Wildman–Crippen MR) is 79.5 cm³/mol. The number of carbonyl (C=O) groups is 2. The zero-order valence-electron chi connectivity index (χ0n) is 11.3. The molecular weight excluding hydrogens is 274 g/mol. The summed E-state index contributed by atoms with van der Waals surface area (Å²) in [5.74, 6) is 0. The second kappa shape index (κ2) is 6.34. The summed E-state index contributed by atoms with van der Waals surface area (Å²) < 4.78 is 5.25. The number of thiophene rings is 1. The molecule has 1 aromatic carbocycles. The maximum atomic E-state index is 12.0. The molecule has 0 spiro atoms. The minimum atomic E-state index is -0.438. The lowest BCUT2D eigenvalue weighted by atomic mass is 10.2. The third-order valence-electron chi connectivity index (χ3n) is 2.87. The zero-order chi connectivity index (χ0) is 14.5. The third-order valence-corrected chi connectivity index (χ3v) is 3.83. The maximum absolute atomic E-state index is 12.0. The van der Waals surface area contributed by atoms with Crippen LogP contribution in [0, 0.1) is 6.92 Å². The van der Waals surface area contributed by atoms with Crippen molar-refractivity contribution >= 4 is 29.4 Å². The van der Waals surface area contributed by atoms with Crippen molar-refractivity contribution in [1.29, 1.82) is 0 Å². The van der Waals surface area contributed by atoms with E-state index in [2.05, 4.69) is 0 Å². The van der Waals surface area contributed by atoms with Gasteiger partial charge in [-0.1, -0.05) is 30.3 Å². The van der Waals surface area contributed by atoms with E-state index < -0.39 is 6.09 Å². The summed E-state index contributed by atoms with van der Waals surface area (Å²) in [5, 5.41) is 0. The molecule has 0 saturated heterocycles. The summed E-state index contributed by atoms with van der Waals surface area (Å²) in [6, 6.07) is 11.2. The second-order valence-electron chi connectivity index (χ2n) is 4.31. The molecule has 1 heterocycles. The molecule has 1 amide bonds. The van der Waals surface area contributed by atoms with E-state index in [4.69, 9.17) is 4.74 Å². The summed E-state index contributed by atoms with van der Waals surface area (Å²) in [7, 11) is 1.64. The molecule has 1 aromatic heterocycles. The van der Waals surface area contributed by atoms with Gasteiger partial charge in [-0.05, 0) is 18.6 Å². The monoisotopic (exact) mass is 289 g/mol. The Morgan fingerprint density at radius 1 is 1.35 bits per heavy atom. The smallest absolute Gasteiger partial charge is 0.414 e. The van der Waals surface area contributed by atoms with Gasteiger partial charge in [0.05, 0.1) is 10.6 Å². The first-order valence-electron chi connectivity index (χ1n) is 6.12. The molecule has 0 saturated carbocycles. The Balaban J connectivity index is 2.01. The van der Waals surface area contributed by atoms with E-state index in [1.807, 2.05) is 37.3 Å². The van der Waals surface area contributed by atoms with Crippen LogP contribution in [0.2, 0.25) is 0 Å². The number of ether oxygens (including phenoxy) is 1. The SMILES string of the molecule is Cc1sc(C=O)cc1N(C)C(=O)OCc1ccccc1. The number of rotatable bonds is 4. The van der Waals surface area contributed by atoms with Crippen molar-refractivity contribution in [3.05, 3.63) is 51.7 Å². The van der Waals surface area contributed by atoms with Crippen LogP contribution in [0.4, 0.5) is 10.5 Å². The van der Waals surface area contributed by atoms with Crippen LogP contribution in [-0.4, -0.2) is 19.4 Å². The largest absolute Gasteiger partial charge is 0.444 e. The Hall–Kier alpha value is -2.14. The first-order valence-corrected chi connectivity index (χ1v) is 6.93. The van der Waals surface area contributed by atoms with Gasteiger partial charge in [0.15, 0.2) is 6.29 Å². The van der Waals surface area contributed by atoms with Crippen molar-refractivity contribution in [2.75, 3.05) is 11.9 Å². The van der Waals surface area contributed by atoms with Crippen LogP contribution >= 0.6 is 11.3 Å². The van der Waals surface area contributed by atoms with Gasteiger partial charge in [0.1, 0.15) is 6.61 Å². The molecule has 2 aromatic rings. The van der Waals surface area contributed by atoms with Crippen molar-refractivity contribution < 1.29 is 14.3 Å². The number of nitrogens with zero attached hydrogens (tertiary/aromatic N) is 1. The van der Waals surface area contributed by atoms with Crippen LogP contribution in [0.3, 0.4) is 0 Å². The Morgan fingerprint density at radius 2 is 2.05 bits per heavy atom. The highest BCUT2D eigenvalue weighted by atomic mass is 32.1. The number of hydrogen-bond donors (Lipinski definition) is 0. The molecule has 0 aliphatic heterocycles. The molecule has 0 bridgehead atoms. The van der Waals surface area contributed by atoms with E-state index in [1.165, 1.54) is 16.2 Å². The first-order chi connectivity index (χ1) is 9.61. The molecule has 2 rings (SSSR count). The van der Waals surface area contributed by atoms with Gasteiger partial charge < -0.3 is 4.74 Å². The summed E-state index contributed by atoms with van der Waals surface area (Å²) in [5.41, 5.74) is 1.64. The molecule has 0 unspecified atom stereocenters. The summed E-state index contributed by atoms with van der Waals surface area (Å²) >= 11 is 1.36. The highest BCUT2D eigenvalue weighted by Gasteiger charge is 2.17. The summed E-state index contributed by atoms with van der Waals surface area (Å²) in [6.45, 7) is 2.10. The number of benzene rings is 1. The average Bonchev–Trinajstić information content (AvgIpc) is 2.86. The number of carbonyl (C=O) groups excluding carboxylic acids is 2. The molecule has 0 aliphatic carbocycles. The fourth-order valence-corrected chi connectivity index (χ4v) is 2.67. The van der Waals surface area contributed by atoms with E-state index >= 15 is 0 Å². The van der Waals surface area contributed by atoms with Crippen molar-refractivity contribution in [1.82, 2.24) is 0 Å². The average molecular weight is 289 g/mol. The van der Waals surface area contributed by atoms with Crippen molar-refractivity contribution in [2.45, 2.75) is 13.5 Å². The van der Waals surface area contributed by atoms with Crippen molar-refractivity contribution in [3.63, 3.8) is 0 Å². The second-order valence-corrected chi connectivity index (χ2v) is 5.60. The van der Waals surface area contributed by atoms with Gasteiger partial charge >= 0.3 is 6.09 Å². The maximum Gasteiger partial charge on any atom is 0.414 e. The Labute approximate surface area is 121 Å². The molecule has 104 valence electrons. The topological polar surface area (TPSA) is 46.6 Å². The third kappa shape index (κ3) is 3.24. The predicted octanol–water partition coefficient (Wildman–Crippen LogP) is 3.64. The highest BCUT2D eigenvalue weighted by molar-refractivity contribution is 7.14. The highest BCUT2D eigenvalue weighted by Crippen LogP contribution is 2.28. The Bertz CT molecular complexity index is 607. The number of anilines is 1. The lowest BCUT2D eigenvalue weighted by Gasteiger charge is -2.16.